The molecule has 5 saturated heterocycles. The number of fused-ring (bicyclic) bond motifs is 7. The first-order valence-electron chi connectivity index (χ1n) is 23.3. The van der Waals surface area contributed by atoms with Gasteiger partial charge in [-0.25, -0.2) is 0 Å². The second-order valence-corrected chi connectivity index (χ2v) is 21.2. The zero-order valence-corrected chi connectivity index (χ0v) is 36.3. The van der Waals surface area contributed by atoms with Gasteiger partial charge in [-0.05, 0) is 97.7 Å². The van der Waals surface area contributed by atoms with E-state index in [2.05, 4.69) is 27.7 Å². The van der Waals surface area contributed by atoms with Crippen LogP contribution in [0, 0.1) is 52.3 Å². The fourth-order valence-corrected chi connectivity index (χ4v) is 14.5. The summed E-state index contributed by atoms with van der Waals surface area (Å²) < 4.78 is 48.2. The van der Waals surface area contributed by atoms with E-state index in [0.717, 1.165) is 51.6 Å². The third kappa shape index (κ3) is 7.55. The van der Waals surface area contributed by atoms with E-state index in [0.29, 0.717) is 48.3 Å². The maximum atomic E-state index is 11.8. The van der Waals surface area contributed by atoms with Gasteiger partial charge in [-0.15, -0.1) is 0 Å². The van der Waals surface area contributed by atoms with Gasteiger partial charge in [0.2, 0.25) is 0 Å². The van der Waals surface area contributed by atoms with Crippen LogP contribution in [0.3, 0.4) is 0 Å². The highest BCUT2D eigenvalue weighted by molar-refractivity contribution is 5.16. The fourth-order valence-electron chi connectivity index (χ4n) is 14.5. The van der Waals surface area contributed by atoms with Gasteiger partial charge in [-0.3, -0.25) is 0 Å². The highest BCUT2D eigenvalue weighted by Crippen LogP contribution is 2.71. The van der Waals surface area contributed by atoms with Gasteiger partial charge in [0, 0.05) is 12.3 Å². The first kappa shape index (κ1) is 46.4. The lowest BCUT2D eigenvalue weighted by atomic mass is 9.44. The molecule has 9 aliphatic rings. The van der Waals surface area contributed by atoms with Crippen molar-refractivity contribution in [1.82, 2.24) is 0 Å². The standard InChI is InChI=1S/C44H72O18/c1-18-7-10-44(56-16-18)19(2)30-27(62-44)12-23-21-6-5-20-11-26(24(47)13-43(20,4)22(21)8-9-42(23,30)3)57-40-35(53)33(51)37(29(15-46)59-40)60-41-36(54)38(32(50)28(14-45)58-41)61-39-34(52)31(49)25(48)17-55-39/h18-41,45-54H,5-17H2,1-4H3. The number of aliphatic hydroxyl groups excluding tert-OH is 10. The number of aliphatic hydroxyl groups is 10. The molecule has 27 unspecified atom stereocenters. The third-order valence-electron chi connectivity index (χ3n) is 17.9. The molecule has 0 radical (unpaired) electrons. The summed E-state index contributed by atoms with van der Waals surface area (Å²) in [6.45, 7) is 8.31. The summed E-state index contributed by atoms with van der Waals surface area (Å²) in [5.74, 6) is 2.67. The molecule has 5 heterocycles. The lowest BCUT2D eigenvalue weighted by molar-refractivity contribution is -0.379. The van der Waals surface area contributed by atoms with Crippen molar-refractivity contribution in [2.75, 3.05) is 26.4 Å². The second-order valence-electron chi connectivity index (χ2n) is 21.2. The first-order valence-corrected chi connectivity index (χ1v) is 23.3. The highest BCUT2D eigenvalue weighted by atomic mass is 16.8. The molecule has 5 aliphatic heterocycles. The van der Waals surface area contributed by atoms with Crippen LogP contribution in [0.4, 0.5) is 0 Å². The molecule has 356 valence electrons. The van der Waals surface area contributed by atoms with Gasteiger partial charge in [-0.1, -0.05) is 27.7 Å². The van der Waals surface area contributed by atoms with Crippen LogP contribution >= 0.6 is 0 Å². The Morgan fingerprint density at radius 3 is 2.02 bits per heavy atom. The molecule has 0 aromatic carbocycles. The second kappa shape index (κ2) is 17.4. The molecule has 9 fully saturated rings. The van der Waals surface area contributed by atoms with E-state index in [1.54, 1.807) is 0 Å². The van der Waals surface area contributed by atoms with Crippen LogP contribution in [0.25, 0.3) is 0 Å². The van der Waals surface area contributed by atoms with Crippen molar-refractivity contribution in [2.24, 2.45) is 52.3 Å². The summed E-state index contributed by atoms with van der Waals surface area (Å²) in [5.41, 5.74) is 0.0471. The zero-order chi connectivity index (χ0) is 44.2. The largest absolute Gasteiger partial charge is 0.394 e. The lowest BCUT2D eigenvalue weighted by Gasteiger charge is -2.62. The van der Waals surface area contributed by atoms with Crippen LogP contribution in [0.1, 0.15) is 85.5 Å². The van der Waals surface area contributed by atoms with Gasteiger partial charge < -0.3 is 89.0 Å². The van der Waals surface area contributed by atoms with E-state index in [1.807, 2.05) is 0 Å². The Morgan fingerprint density at radius 1 is 0.613 bits per heavy atom. The van der Waals surface area contributed by atoms with E-state index in [9.17, 15) is 51.1 Å². The number of hydrogen-bond donors (Lipinski definition) is 10. The van der Waals surface area contributed by atoms with Crippen LogP contribution in [0.15, 0.2) is 0 Å². The predicted octanol–water partition coefficient (Wildman–Crippen LogP) is -1.12. The molecule has 9 rings (SSSR count). The molecule has 0 aromatic rings. The monoisotopic (exact) mass is 888 g/mol. The normalized spacial score (nSPS) is 58.9. The Bertz CT molecular complexity index is 1550. The first-order chi connectivity index (χ1) is 29.4. The minimum Gasteiger partial charge on any atom is -0.394 e. The molecular weight excluding hydrogens is 816 g/mol. The smallest absolute Gasteiger partial charge is 0.187 e. The predicted molar refractivity (Wildman–Crippen MR) is 211 cm³/mol. The van der Waals surface area contributed by atoms with Crippen LogP contribution in [0.5, 0.6) is 0 Å². The Labute approximate surface area is 362 Å². The molecule has 62 heavy (non-hydrogen) atoms. The SMILES string of the molecule is CC1CCC2(OC1)OC1CC3C4CCC5CC(OC6OC(CO)C(OC7OC(CO)C(O)C(OC8OCC(O)C(O)C8O)C7O)C(O)C6O)C(O)CC5(C)C4CCC3(C)C1C2C. The highest BCUT2D eigenvalue weighted by Gasteiger charge is 2.69. The molecule has 18 heteroatoms. The van der Waals surface area contributed by atoms with Crippen molar-refractivity contribution >= 4 is 0 Å². The molecule has 0 amide bonds. The summed E-state index contributed by atoms with van der Waals surface area (Å²) in [4.78, 5) is 0. The number of hydrogen-bond acceptors (Lipinski definition) is 18. The Morgan fingerprint density at radius 2 is 1.31 bits per heavy atom. The summed E-state index contributed by atoms with van der Waals surface area (Å²) in [6.07, 6.45) is -15.5. The maximum Gasteiger partial charge on any atom is 0.187 e. The van der Waals surface area contributed by atoms with Crippen molar-refractivity contribution in [3.63, 3.8) is 0 Å². The molecule has 18 nitrogen and oxygen atoms in total. The van der Waals surface area contributed by atoms with Crippen LogP contribution in [-0.2, 0) is 37.9 Å². The van der Waals surface area contributed by atoms with E-state index in [1.165, 1.54) is 0 Å². The summed E-state index contributed by atoms with van der Waals surface area (Å²) >= 11 is 0. The van der Waals surface area contributed by atoms with Gasteiger partial charge in [0.05, 0.1) is 44.7 Å². The molecule has 27 atom stereocenters. The number of rotatable bonds is 8. The Hall–Kier alpha value is -0.720. The average molecular weight is 889 g/mol. The Balaban J connectivity index is 0.830. The molecule has 4 saturated carbocycles. The lowest BCUT2D eigenvalue weighted by Crippen LogP contribution is -2.66. The molecule has 1 spiro atoms. The van der Waals surface area contributed by atoms with Crippen molar-refractivity contribution in [2.45, 2.75) is 196 Å². The van der Waals surface area contributed by atoms with Gasteiger partial charge >= 0.3 is 0 Å². The van der Waals surface area contributed by atoms with Gasteiger partial charge in [-0.2, -0.15) is 0 Å². The minimum absolute atomic E-state index is 0.125. The summed E-state index contributed by atoms with van der Waals surface area (Å²) in [7, 11) is 0. The topological polar surface area (TPSA) is 276 Å². The maximum absolute atomic E-state index is 11.8. The van der Waals surface area contributed by atoms with Crippen LogP contribution in [0.2, 0.25) is 0 Å². The van der Waals surface area contributed by atoms with Crippen molar-refractivity contribution in [3.8, 4) is 0 Å². The summed E-state index contributed by atoms with van der Waals surface area (Å²) in [6, 6.07) is 0. The van der Waals surface area contributed by atoms with Crippen LogP contribution in [-0.4, -0.2) is 188 Å². The average Bonchev–Trinajstić information content (AvgIpc) is 3.69. The van der Waals surface area contributed by atoms with Crippen molar-refractivity contribution < 1.29 is 89.0 Å². The fraction of sp³-hybridized carbons (Fsp3) is 1.00. The van der Waals surface area contributed by atoms with Gasteiger partial charge in [0.1, 0.15) is 67.1 Å². The van der Waals surface area contributed by atoms with E-state index < -0.39 is 124 Å². The zero-order valence-electron chi connectivity index (χ0n) is 36.3. The van der Waals surface area contributed by atoms with E-state index >= 15 is 0 Å². The molecule has 4 aliphatic carbocycles. The van der Waals surface area contributed by atoms with E-state index in [4.69, 9.17) is 37.9 Å². The quantitative estimate of drug-likeness (QED) is 0.129. The van der Waals surface area contributed by atoms with E-state index in [-0.39, 0.29) is 22.9 Å². The number of ether oxygens (including phenoxy) is 8. The van der Waals surface area contributed by atoms with Gasteiger partial charge in [0.15, 0.2) is 24.7 Å². The van der Waals surface area contributed by atoms with Crippen LogP contribution < -0.4 is 0 Å². The molecule has 0 aromatic heterocycles. The molecule has 0 bridgehead atoms. The Kier molecular flexibility index (Phi) is 13.0. The minimum atomic E-state index is -1.86. The van der Waals surface area contributed by atoms with Gasteiger partial charge in [0.25, 0.3) is 0 Å². The molecule has 10 N–H and O–H groups in total. The molecular formula is C44H72O18. The summed E-state index contributed by atoms with van der Waals surface area (Å²) in [5, 5.41) is 107. The third-order valence-corrected chi connectivity index (χ3v) is 17.9. The van der Waals surface area contributed by atoms with Crippen molar-refractivity contribution in [1.29, 1.82) is 0 Å². The van der Waals surface area contributed by atoms with Crippen molar-refractivity contribution in [3.05, 3.63) is 0 Å².